The van der Waals surface area contributed by atoms with Gasteiger partial charge in [0.15, 0.2) is 0 Å². The van der Waals surface area contributed by atoms with Crippen LogP contribution in [-0.2, 0) is 0 Å². The standard InChI is InChI=1S/C19H36N2/c1-2-3-9-16-12-14-18(15-13-16)19(21-20)17-10-7-5-4-6-8-11-17/h10,16,18-19,21H,2-9,11-15,20H2,1H3. The summed E-state index contributed by atoms with van der Waals surface area (Å²) in [6, 6.07) is 0.454. The summed E-state index contributed by atoms with van der Waals surface area (Å²) in [5, 5.41) is 0. The third-order valence-electron chi connectivity index (χ3n) is 5.73. The second-order valence-corrected chi connectivity index (χ2v) is 7.30. The second-order valence-electron chi connectivity index (χ2n) is 7.30. The van der Waals surface area contributed by atoms with Gasteiger partial charge in [0, 0.05) is 6.04 Å². The molecule has 1 unspecified atom stereocenters. The largest absolute Gasteiger partial charge is 0.271 e. The minimum Gasteiger partial charge on any atom is -0.271 e. The SMILES string of the molecule is CCCCC1CCC(C(NN)C2=CCCCCCC2)CC1. The summed E-state index contributed by atoms with van der Waals surface area (Å²) in [5.74, 6) is 7.72. The number of hydrogen-bond acceptors (Lipinski definition) is 2. The van der Waals surface area contributed by atoms with Crippen LogP contribution in [0.1, 0.15) is 90.4 Å². The minimum absolute atomic E-state index is 0.454. The van der Waals surface area contributed by atoms with Gasteiger partial charge in [-0.1, -0.05) is 63.5 Å². The van der Waals surface area contributed by atoms with Gasteiger partial charge in [-0.25, -0.2) is 0 Å². The molecule has 1 saturated carbocycles. The number of allylic oxidation sites excluding steroid dienone is 1. The molecule has 0 heterocycles. The highest BCUT2D eigenvalue weighted by Gasteiger charge is 2.28. The first-order valence-electron chi connectivity index (χ1n) is 9.50. The quantitative estimate of drug-likeness (QED) is 0.406. The fourth-order valence-corrected chi connectivity index (χ4v) is 4.35. The Kier molecular flexibility index (Phi) is 7.81. The van der Waals surface area contributed by atoms with Gasteiger partial charge in [0.1, 0.15) is 0 Å². The fraction of sp³-hybridized carbons (Fsp3) is 0.895. The summed E-state index contributed by atoms with van der Waals surface area (Å²) >= 11 is 0. The predicted molar refractivity (Wildman–Crippen MR) is 91.9 cm³/mol. The zero-order valence-corrected chi connectivity index (χ0v) is 14.1. The van der Waals surface area contributed by atoms with Crippen molar-refractivity contribution in [2.75, 3.05) is 0 Å². The summed E-state index contributed by atoms with van der Waals surface area (Å²) in [6.45, 7) is 2.31. The molecule has 3 N–H and O–H groups in total. The second kappa shape index (κ2) is 9.63. The summed E-state index contributed by atoms with van der Waals surface area (Å²) in [5.41, 5.74) is 4.80. The van der Waals surface area contributed by atoms with E-state index < -0.39 is 0 Å². The van der Waals surface area contributed by atoms with E-state index in [1.165, 1.54) is 83.5 Å². The lowest BCUT2D eigenvalue weighted by molar-refractivity contribution is 0.224. The van der Waals surface area contributed by atoms with Gasteiger partial charge in [0.25, 0.3) is 0 Å². The zero-order valence-electron chi connectivity index (χ0n) is 14.1. The Balaban J connectivity index is 1.86. The van der Waals surface area contributed by atoms with Gasteiger partial charge < -0.3 is 0 Å². The lowest BCUT2D eigenvalue weighted by atomic mass is 9.74. The van der Waals surface area contributed by atoms with E-state index in [0.717, 1.165) is 11.8 Å². The molecule has 0 bridgehead atoms. The number of rotatable bonds is 6. The summed E-state index contributed by atoms with van der Waals surface area (Å²) in [4.78, 5) is 0. The maximum absolute atomic E-state index is 5.95. The lowest BCUT2D eigenvalue weighted by Crippen LogP contribution is -2.43. The molecule has 0 aromatic carbocycles. The van der Waals surface area contributed by atoms with Gasteiger partial charge in [-0.05, 0) is 50.4 Å². The molecule has 0 aromatic heterocycles. The molecule has 0 spiro atoms. The van der Waals surface area contributed by atoms with Crippen LogP contribution in [0.25, 0.3) is 0 Å². The molecule has 2 heteroatoms. The van der Waals surface area contributed by atoms with Crippen molar-refractivity contribution in [1.29, 1.82) is 0 Å². The van der Waals surface area contributed by atoms with Crippen molar-refractivity contribution in [3.8, 4) is 0 Å². The van der Waals surface area contributed by atoms with Crippen molar-refractivity contribution >= 4 is 0 Å². The molecular formula is C19H36N2. The van der Waals surface area contributed by atoms with Crippen molar-refractivity contribution in [3.63, 3.8) is 0 Å². The highest BCUT2D eigenvalue weighted by Crippen LogP contribution is 2.36. The Morgan fingerprint density at radius 1 is 1.14 bits per heavy atom. The summed E-state index contributed by atoms with van der Waals surface area (Å²) in [7, 11) is 0. The van der Waals surface area contributed by atoms with Crippen molar-refractivity contribution in [1.82, 2.24) is 5.43 Å². The van der Waals surface area contributed by atoms with Crippen LogP contribution in [-0.4, -0.2) is 6.04 Å². The van der Waals surface area contributed by atoms with Crippen LogP contribution in [0.5, 0.6) is 0 Å². The van der Waals surface area contributed by atoms with E-state index in [1.54, 1.807) is 5.57 Å². The van der Waals surface area contributed by atoms with E-state index in [0.29, 0.717) is 6.04 Å². The van der Waals surface area contributed by atoms with Crippen molar-refractivity contribution < 1.29 is 0 Å². The highest BCUT2D eigenvalue weighted by atomic mass is 15.2. The molecule has 0 radical (unpaired) electrons. The van der Waals surface area contributed by atoms with Gasteiger partial charge in [-0.15, -0.1) is 0 Å². The van der Waals surface area contributed by atoms with Crippen LogP contribution >= 0.6 is 0 Å². The summed E-state index contributed by atoms with van der Waals surface area (Å²) < 4.78 is 0. The monoisotopic (exact) mass is 292 g/mol. The molecule has 2 aliphatic rings. The zero-order chi connectivity index (χ0) is 14.9. The van der Waals surface area contributed by atoms with E-state index >= 15 is 0 Å². The molecule has 1 atom stereocenters. The highest BCUT2D eigenvalue weighted by molar-refractivity contribution is 5.13. The van der Waals surface area contributed by atoms with E-state index in [9.17, 15) is 0 Å². The molecule has 1 fully saturated rings. The molecule has 21 heavy (non-hydrogen) atoms. The van der Waals surface area contributed by atoms with Gasteiger partial charge in [0.2, 0.25) is 0 Å². The number of nitrogens with two attached hydrogens (primary N) is 1. The molecule has 0 amide bonds. The minimum atomic E-state index is 0.454. The van der Waals surface area contributed by atoms with Crippen molar-refractivity contribution in [3.05, 3.63) is 11.6 Å². The van der Waals surface area contributed by atoms with Crippen LogP contribution in [0, 0.1) is 11.8 Å². The Morgan fingerprint density at radius 2 is 1.90 bits per heavy atom. The number of unbranched alkanes of at least 4 members (excludes halogenated alkanes) is 1. The van der Waals surface area contributed by atoms with Crippen LogP contribution in [0.3, 0.4) is 0 Å². The third kappa shape index (κ3) is 5.41. The van der Waals surface area contributed by atoms with Gasteiger partial charge in [-0.3, -0.25) is 11.3 Å². The number of nitrogens with one attached hydrogen (secondary N) is 1. The Labute approximate surface area is 131 Å². The van der Waals surface area contributed by atoms with Crippen LogP contribution < -0.4 is 11.3 Å². The third-order valence-corrected chi connectivity index (χ3v) is 5.73. The molecule has 2 aliphatic carbocycles. The van der Waals surface area contributed by atoms with Gasteiger partial charge in [-0.2, -0.15) is 0 Å². The smallest absolute Gasteiger partial charge is 0.0447 e. The maximum atomic E-state index is 5.95. The first kappa shape index (κ1) is 17.0. The molecule has 2 rings (SSSR count). The fourth-order valence-electron chi connectivity index (χ4n) is 4.35. The average molecular weight is 293 g/mol. The van der Waals surface area contributed by atoms with Crippen LogP contribution in [0.4, 0.5) is 0 Å². The Bertz CT molecular complexity index is 303. The lowest BCUT2D eigenvalue weighted by Gasteiger charge is -2.35. The molecular weight excluding hydrogens is 256 g/mol. The van der Waals surface area contributed by atoms with Gasteiger partial charge >= 0.3 is 0 Å². The van der Waals surface area contributed by atoms with E-state index in [4.69, 9.17) is 5.84 Å². The topological polar surface area (TPSA) is 38.0 Å². The first-order chi connectivity index (χ1) is 10.3. The molecule has 2 nitrogen and oxygen atoms in total. The molecule has 0 saturated heterocycles. The molecule has 0 aliphatic heterocycles. The number of hydrazine groups is 1. The van der Waals surface area contributed by atoms with Crippen molar-refractivity contribution in [2.45, 2.75) is 96.4 Å². The van der Waals surface area contributed by atoms with Gasteiger partial charge in [0.05, 0.1) is 0 Å². The van der Waals surface area contributed by atoms with Crippen molar-refractivity contribution in [2.24, 2.45) is 17.7 Å². The first-order valence-corrected chi connectivity index (χ1v) is 9.50. The van der Waals surface area contributed by atoms with E-state index in [-0.39, 0.29) is 0 Å². The molecule has 0 aromatic rings. The van der Waals surface area contributed by atoms with E-state index in [2.05, 4.69) is 18.4 Å². The maximum Gasteiger partial charge on any atom is 0.0447 e. The van der Waals surface area contributed by atoms with Crippen LogP contribution in [0.15, 0.2) is 11.6 Å². The number of hydrogen-bond donors (Lipinski definition) is 2. The Hall–Kier alpha value is -0.340. The average Bonchev–Trinajstić information content (AvgIpc) is 2.49. The normalized spacial score (nSPS) is 29.3. The Morgan fingerprint density at radius 3 is 2.62 bits per heavy atom. The van der Waals surface area contributed by atoms with E-state index in [1.807, 2.05) is 0 Å². The van der Waals surface area contributed by atoms with Crippen LogP contribution in [0.2, 0.25) is 0 Å². The summed E-state index contributed by atoms with van der Waals surface area (Å²) in [6.07, 6.45) is 20.4. The predicted octanol–water partition coefficient (Wildman–Crippen LogP) is 5.10. The molecule has 122 valence electrons.